The molecule has 3 nitrogen and oxygen atoms in total. The van der Waals surface area contributed by atoms with Crippen LogP contribution in [0, 0.1) is 5.92 Å². The quantitative estimate of drug-likeness (QED) is 0.886. The van der Waals surface area contributed by atoms with Crippen molar-refractivity contribution in [2.75, 3.05) is 11.9 Å². The van der Waals surface area contributed by atoms with Crippen LogP contribution < -0.4 is 10.6 Å². The first-order chi connectivity index (χ1) is 8.82. The molecule has 2 N–H and O–H groups in total. The SMILES string of the molecule is CC(C)C[C@H](N)C(=O)N(C)c1ccc(C(C)C)cc1. The van der Waals surface area contributed by atoms with E-state index in [2.05, 4.69) is 39.8 Å². The zero-order chi connectivity index (χ0) is 14.6. The van der Waals surface area contributed by atoms with Gasteiger partial charge in [-0.1, -0.05) is 39.8 Å². The Hall–Kier alpha value is -1.35. The van der Waals surface area contributed by atoms with Gasteiger partial charge in [-0.3, -0.25) is 4.79 Å². The summed E-state index contributed by atoms with van der Waals surface area (Å²) in [4.78, 5) is 13.8. The smallest absolute Gasteiger partial charge is 0.243 e. The van der Waals surface area contributed by atoms with Gasteiger partial charge in [0.2, 0.25) is 5.91 Å². The van der Waals surface area contributed by atoms with Crippen LogP contribution >= 0.6 is 0 Å². The van der Waals surface area contributed by atoms with Gasteiger partial charge in [-0.05, 0) is 36.0 Å². The summed E-state index contributed by atoms with van der Waals surface area (Å²) in [5, 5.41) is 0. The Bertz CT molecular complexity index is 409. The summed E-state index contributed by atoms with van der Waals surface area (Å²) in [6.07, 6.45) is 0.716. The first-order valence-electron chi connectivity index (χ1n) is 6.96. The maximum absolute atomic E-state index is 12.2. The van der Waals surface area contributed by atoms with Crippen molar-refractivity contribution in [3.05, 3.63) is 29.8 Å². The van der Waals surface area contributed by atoms with Crippen molar-refractivity contribution in [2.45, 2.75) is 46.1 Å². The molecule has 0 fully saturated rings. The highest BCUT2D eigenvalue weighted by Gasteiger charge is 2.20. The monoisotopic (exact) mass is 262 g/mol. The molecular formula is C16H26N2O. The second-order valence-corrected chi connectivity index (χ2v) is 5.88. The Kier molecular flexibility index (Phi) is 5.55. The fourth-order valence-corrected chi connectivity index (χ4v) is 2.07. The minimum absolute atomic E-state index is 0.0222. The molecule has 0 aliphatic heterocycles. The maximum Gasteiger partial charge on any atom is 0.243 e. The van der Waals surface area contributed by atoms with E-state index in [1.54, 1.807) is 11.9 Å². The normalized spacial score (nSPS) is 12.8. The van der Waals surface area contributed by atoms with Gasteiger partial charge in [0.05, 0.1) is 6.04 Å². The van der Waals surface area contributed by atoms with Crippen molar-refractivity contribution in [2.24, 2.45) is 11.7 Å². The Morgan fingerprint density at radius 3 is 2.11 bits per heavy atom. The van der Waals surface area contributed by atoms with E-state index in [0.717, 1.165) is 5.69 Å². The zero-order valence-electron chi connectivity index (χ0n) is 12.7. The van der Waals surface area contributed by atoms with Gasteiger partial charge in [0.25, 0.3) is 0 Å². The molecule has 1 amide bonds. The fourth-order valence-electron chi connectivity index (χ4n) is 2.07. The van der Waals surface area contributed by atoms with Gasteiger partial charge in [-0.25, -0.2) is 0 Å². The summed E-state index contributed by atoms with van der Waals surface area (Å²) in [5.41, 5.74) is 8.11. The summed E-state index contributed by atoms with van der Waals surface area (Å²) in [7, 11) is 1.78. The average Bonchev–Trinajstić information content (AvgIpc) is 2.36. The summed E-state index contributed by atoms with van der Waals surface area (Å²) in [6, 6.07) is 7.68. The Morgan fingerprint density at radius 2 is 1.68 bits per heavy atom. The maximum atomic E-state index is 12.2. The number of amides is 1. The number of hydrogen-bond donors (Lipinski definition) is 1. The van der Waals surface area contributed by atoms with Crippen molar-refractivity contribution in [1.82, 2.24) is 0 Å². The van der Waals surface area contributed by atoms with E-state index in [-0.39, 0.29) is 5.91 Å². The third-order valence-corrected chi connectivity index (χ3v) is 3.32. The van der Waals surface area contributed by atoms with Crippen LogP contribution in [0.3, 0.4) is 0 Å². The van der Waals surface area contributed by atoms with E-state index in [0.29, 0.717) is 18.3 Å². The Morgan fingerprint density at radius 1 is 1.16 bits per heavy atom. The van der Waals surface area contributed by atoms with Crippen LogP contribution in [0.4, 0.5) is 5.69 Å². The average molecular weight is 262 g/mol. The number of likely N-dealkylation sites (N-methyl/N-ethyl adjacent to an activating group) is 1. The first kappa shape index (κ1) is 15.7. The number of nitrogens with two attached hydrogens (primary N) is 1. The van der Waals surface area contributed by atoms with Crippen LogP contribution in [0.1, 0.15) is 45.6 Å². The predicted octanol–water partition coefficient (Wildman–Crippen LogP) is 3.15. The molecule has 1 atom stereocenters. The van der Waals surface area contributed by atoms with Gasteiger partial charge < -0.3 is 10.6 Å². The molecule has 0 saturated carbocycles. The minimum atomic E-state index is -0.422. The number of hydrogen-bond acceptors (Lipinski definition) is 2. The van der Waals surface area contributed by atoms with Gasteiger partial charge in [-0.15, -0.1) is 0 Å². The number of carbonyl (C=O) groups excluding carboxylic acids is 1. The van der Waals surface area contributed by atoms with E-state index < -0.39 is 6.04 Å². The summed E-state index contributed by atoms with van der Waals surface area (Å²) in [5.74, 6) is 0.903. The molecule has 0 saturated heterocycles. The summed E-state index contributed by atoms with van der Waals surface area (Å²) >= 11 is 0. The summed E-state index contributed by atoms with van der Waals surface area (Å²) < 4.78 is 0. The lowest BCUT2D eigenvalue weighted by Crippen LogP contribution is -2.42. The molecule has 106 valence electrons. The predicted molar refractivity (Wildman–Crippen MR) is 81.4 cm³/mol. The number of benzene rings is 1. The highest BCUT2D eigenvalue weighted by Crippen LogP contribution is 2.20. The van der Waals surface area contributed by atoms with Crippen molar-refractivity contribution < 1.29 is 4.79 Å². The van der Waals surface area contributed by atoms with Crippen LogP contribution in [-0.2, 0) is 4.79 Å². The second kappa shape index (κ2) is 6.71. The van der Waals surface area contributed by atoms with E-state index in [9.17, 15) is 4.79 Å². The van der Waals surface area contributed by atoms with E-state index in [1.807, 2.05) is 12.1 Å². The third-order valence-electron chi connectivity index (χ3n) is 3.32. The molecule has 1 aromatic rings. The van der Waals surface area contributed by atoms with Crippen molar-refractivity contribution in [3.63, 3.8) is 0 Å². The molecule has 1 aromatic carbocycles. The third kappa shape index (κ3) is 4.35. The number of nitrogens with zero attached hydrogens (tertiary/aromatic N) is 1. The number of rotatable bonds is 5. The standard InChI is InChI=1S/C16H26N2O/c1-11(2)10-15(17)16(19)18(5)14-8-6-13(7-9-14)12(3)4/h6-9,11-12,15H,10,17H2,1-5H3/t15-/m0/s1. The fraction of sp³-hybridized carbons (Fsp3) is 0.562. The lowest BCUT2D eigenvalue weighted by Gasteiger charge is -2.22. The number of carbonyl (C=O) groups is 1. The van der Waals surface area contributed by atoms with Crippen LogP contribution in [0.15, 0.2) is 24.3 Å². The molecule has 0 bridgehead atoms. The van der Waals surface area contributed by atoms with Gasteiger partial charge in [-0.2, -0.15) is 0 Å². The van der Waals surface area contributed by atoms with E-state index >= 15 is 0 Å². The topological polar surface area (TPSA) is 46.3 Å². The van der Waals surface area contributed by atoms with Gasteiger partial charge in [0.1, 0.15) is 0 Å². The van der Waals surface area contributed by atoms with Crippen molar-refractivity contribution in [1.29, 1.82) is 0 Å². The second-order valence-electron chi connectivity index (χ2n) is 5.88. The van der Waals surface area contributed by atoms with E-state index in [4.69, 9.17) is 5.73 Å². The molecule has 19 heavy (non-hydrogen) atoms. The molecule has 0 aliphatic rings. The largest absolute Gasteiger partial charge is 0.320 e. The molecule has 1 rings (SSSR count). The molecule has 0 heterocycles. The first-order valence-corrected chi connectivity index (χ1v) is 6.96. The zero-order valence-corrected chi connectivity index (χ0v) is 12.7. The molecular weight excluding hydrogens is 236 g/mol. The van der Waals surface area contributed by atoms with Crippen molar-refractivity contribution >= 4 is 11.6 Å². The van der Waals surface area contributed by atoms with Gasteiger partial charge >= 0.3 is 0 Å². The Balaban J connectivity index is 2.76. The lowest BCUT2D eigenvalue weighted by molar-refractivity contribution is -0.119. The molecule has 0 unspecified atom stereocenters. The van der Waals surface area contributed by atoms with Crippen LogP contribution in [0.2, 0.25) is 0 Å². The van der Waals surface area contributed by atoms with Crippen molar-refractivity contribution in [3.8, 4) is 0 Å². The van der Waals surface area contributed by atoms with Crippen LogP contribution in [0.25, 0.3) is 0 Å². The summed E-state index contributed by atoms with van der Waals surface area (Å²) in [6.45, 7) is 8.46. The highest BCUT2D eigenvalue weighted by molar-refractivity contribution is 5.96. The molecule has 0 aromatic heterocycles. The van der Waals surface area contributed by atoms with Gasteiger partial charge in [0, 0.05) is 12.7 Å². The minimum Gasteiger partial charge on any atom is -0.320 e. The number of anilines is 1. The van der Waals surface area contributed by atoms with Gasteiger partial charge in [0.15, 0.2) is 0 Å². The molecule has 3 heteroatoms. The molecule has 0 aliphatic carbocycles. The molecule has 0 spiro atoms. The van der Waals surface area contributed by atoms with E-state index in [1.165, 1.54) is 5.56 Å². The molecule has 0 radical (unpaired) electrons. The Labute approximate surface area is 116 Å². The van der Waals surface area contributed by atoms with Crippen LogP contribution in [0.5, 0.6) is 0 Å². The lowest BCUT2D eigenvalue weighted by atomic mass is 10.0. The van der Waals surface area contributed by atoms with Crippen LogP contribution in [-0.4, -0.2) is 19.0 Å². The highest BCUT2D eigenvalue weighted by atomic mass is 16.2.